The van der Waals surface area contributed by atoms with E-state index in [1.165, 1.54) is 0 Å². The lowest BCUT2D eigenvalue weighted by Crippen LogP contribution is -2.09. The molecule has 4 nitrogen and oxygen atoms in total. The van der Waals surface area contributed by atoms with E-state index in [4.69, 9.17) is 5.73 Å². The van der Waals surface area contributed by atoms with Crippen LogP contribution in [0.15, 0.2) is 28.7 Å². The second kappa shape index (κ2) is 4.76. The summed E-state index contributed by atoms with van der Waals surface area (Å²) in [5.41, 5.74) is 8.63. The van der Waals surface area contributed by atoms with E-state index in [-0.39, 0.29) is 0 Å². The normalized spacial score (nSPS) is 10.7. The predicted molar refractivity (Wildman–Crippen MR) is 66.3 cm³/mol. The van der Waals surface area contributed by atoms with Crippen molar-refractivity contribution in [2.24, 2.45) is 5.73 Å². The van der Waals surface area contributed by atoms with Gasteiger partial charge in [0.05, 0.1) is 17.1 Å². The van der Waals surface area contributed by atoms with Gasteiger partial charge >= 0.3 is 0 Å². The molecule has 0 aliphatic rings. The second-order valence-electron chi connectivity index (χ2n) is 3.40. The Kier molecular flexibility index (Phi) is 3.36. The Morgan fingerprint density at radius 1 is 1.38 bits per heavy atom. The van der Waals surface area contributed by atoms with Gasteiger partial charge in [-0.3, -0.25) is 0 Å². The third kappa shape index (κ3) is 1.88. The highest BCUT2D eigenvalue weighted by Crippen LogP contribution is 2.21. The van der Waals surface area contributed by atoms with E-state index in [2.05, 4.69) is 26.2 Å². The molecule has 0 aliphatic carbocycles. The maximum Gasteiger partial charge on any atom is 0.0874 e. The van der Waals surface area contributed by atoms with Crippen LogP contribution in [0.5, 0.6) is 0 Å². The summed E-state index contributed by atoms with van der Waals surface area (Å²) in [6.07, 6.45) is 0.844. The summed E-state index contributed by atoms with van der Waals surface area (Å²) < 4.78 is 2.78. The number of hydrogen-bond donors (Lipinski definition) is 1. The smallest absolute Gasteiger partial charge is 0.0874 e. The quantitative estimate of drug-likeness (QED) is 0.936. The summed E-state index contributed by atoms with van der Waals surface area (Å²) in [4.78, 5) is 0. The Bertz CT molecular complexity index is 492. The van der Waals surface area contributed by atoms with Crippen molar-refractivity contribution in [3.63, 3.8) is 0 Å². The van der Waals surface area contributed by atoms with Crippen LogP contribution in [-0.2, 0) is 13.0 Å². The molecule has 16 heavy (non-hydrogen) atoms. The summed E-state index contributed by atoms with van der Waals surface area (Å²) in [5.74, 6) is 0. The van der Waals surface area contributed by atoms with Gasteiger partial charge in [0.25, 0.3) is 0 Å². The van der Waals surface area contributed by atoms with Crippen LogP contribution in [0.2, 0.25) is 0 Å². The van der Waals surface area contributed by atoms with Gasteiger partial charge < -0.3 is 5.73 Å². The van der Waals surface area contributed by atoms with Gasteiger partial charge in [-0.15, -0.1) is 5.10 Å². The molecule has 0 fully saturated rings. The Balaban J connectivity index is 2.56. The summed E-state index contributed by atoms with van der Waals surface area (Å²) >= 11 is 3.50. The highest BCUT2D eigenvalue weighted by atomic mass is 79.9. The zero-order valence-electron chi connectivity index (χ0n) is 9.02. The highest BCUT2D eigenvalue weighted by molar-refractivity contribution is 9.10. The van der Waals surface area contributed by atoms with Gasteiger partial charge in [-0.25, -0.2) is 4.68 Å². The van der Waals surface area contributed by atoms with Crippen molar-refractivity contribution in [1.82, 2.24) is 15.0 Å². The van der Waals surface area contributed by atoms with E-state index in [0.717, 1.165) is 28.0 Å². The summed E-state index contributed by atoms with van der Waals surface area (Å²) in [6.45, 7) is 2.49. The summed E-state index contributed by atoms with van der Waals surface area (Å²) in [5, 5.41) is 8.28. The molecule has 0 radical (unpaired) electrons. The molecule has 0 spiro atoms. The van der Waals surface area contributed by atoms with E-state index in [9.17, 15) is 0 Å². The lowest BCUT2D eigenvalue weighted by atomic mass is 10.2. The van der Waals surface area contributed by atoms with E-state index >= 15 is 0 Å². The minimum absolute atomic E-state index is 0.442. The van der Waals surface area contributed by atoms with Crippen LogP contribution in [0.3, 0.4) is 0 Å². The lowest BCUT2D eigenvalue weighted by molar-refractivity contribution is 0.759. The number of benzene rings is 1. The molecule has 1 aromatic heterocycles. The second-order valence-corrected chi connectivity index (χ2v) is 4.26. The molecule has 0 saturated carbocycles. The lowest BCUT2D eigenvalue weighted by Gasteiger charge is -2.07. The zero-order valence-corrected chi connectivity index (χ0v) is 10.6. The van der Waals surface area contributed by atoms with Crippen molar-refractivity contribution in [1.29, 1.82) is 0 Å². The van der Waals surface area contributed by atoms with Crippen LogP contribution in [-0.4, -0.2) is 15.0 Å². The SMILES string of the molecule is CCc1nnn(-c2ccccc2Br)c1CN. The average molecular weight is 281 g/mol. The van der Waals surface area contributed by atoms with Crippen LogP contribution in [0.1, 0.15) is 18.3 Å². The molecule has 0 unspecified atom stereocenters. The van der Waals surface area contributed by atoms with Crippen molar-refractivity contribution in [2.45, 2.75) is 19.9 Å². The van der Waals surface area contributed by atoms with Crippen LogP contribution < -0.4 is 5.73 Å². The highest BCUT2D eigenvalue weighted by Gasteiger charge is 2.12. The number of nitrogens with zero attached hydrogens (tertiary/aromatic N) is 3. The molecule has 0 saturated heterocycles. The minimum Gasteiger partial charge on any atom is -0.325 e. The molecule has 5 heteroatoms. The van der Waals surface area contributed by atoms with E-state index < -0.39 is 0 Å². The van der Waals surface area contributed by atoms with E-state index in [1.54, 1.807) is 4.68 Å². The fourth-order valence-electron chi connectivity index (χ4n) is 1.63. The van der Waals surface area contributed by atoms with Crippen LogP contribution in [0, 0.1) is 0 Å². The molecular formula is C11H13BrN4. The maximum absolute atomic E-state index is 5.74. The topological polar surface area (TPSA) is 56.7 Å². The monoisotopic (exact) mass is 280 g/mol. The Labute approximate surface area is 103 Å². The van der Waals surface area contributed by atoms with Gasteiger partial charge in [0, 0.05) is 11.0 Å². The van der Waals surface area contributed by atoms with Gasteiger partial charge in [0.2, 0.25) is 0 Å². The fraction of sp³-hybridized carbons (Fsp3) is 0.273. The third-order valence-corrected chi connectivity index (χ3v) is 3.12. The molecule has 0 aliphatic heterocycles. The first-order valence-corrected chi connectivity index (χ1v) is 5.95. The van der Waals surface area contributed by atoms with E-state index in [1.807, 2.05) is 31.2 Å². The van der Waals surface area contributed by atoms with Crippen molar-refractivity contribution in [3.8, 4) is 5.69 Å². The average Bonchev–Trinajstić information content (AvgIpc) is 2.72. The Hall–Kier alpha value is -1.20. The molecular weight excluding hydrogens is 268 g/mol. The molecule has 2 rings (SSSR count). The van der Waals surface area contributed by atoms with Gasteiger partial charge in [0.1, 0.15) is 0 Å². The van der Waals surface area contributed by atoms with Crippen molar-refractivity contribution >= 4 is 15.9 Å². The predicted octanol–water partition coefficient (Wildman–Crippen LogP) is 2.05. The number of para-hydroxylation sites is 1. The van der Waals surface area contributed by atoms with Crippen molar-refractivity contribution < 1.29 is 0 Å². The van der Waals surface area contributed by atoms with Gasteiger partial charge in [-0.05, 0) is 34.5 Å². The first kappa shape index (κ1) is 11.3. The summed E-state index contributed by atoms with van der Waals surface area (Å²) in [7, 11) is 0. The van der Waals surface area contributed by atoms with E-state index in [0.29, 0.717) is 6.54 Å². The summed E-state index contributed by atoms with van der Waals surface area (Å²) in [6, 6.07) is 7.89. The first-order chi connectivity index (χ1) is 7.77. The number of aromatic nitrogens is 3. The minimum atomic E-state index is 0.442. The van der Waals surface area contributed by atoms with Crippen molar-refractivity contribution in [2.75, 3.05) is 0 Å². The Morgan fingerprint density at radius 3 is 2.75 bits per heavy atom. The number of rotatable bonds is 3. The molecule has 84 valence electrons. The third-order valence-electron chi connectivity index (χ3n) is 2.45. The molecule has 0 bridgehead atoms. The van der Waals surface area contributed by atoms with Crippen molar-refractivity contribution in [3.05, 3.63) is 40.1 Å². The fourth-order valence-corrected chi connectivity index (χ4v) is 2.08. The molecule has 2 N–H and O–H groups in total. The first-order valence-electron chi connectivity index (χ1n) is 5.16. The standard InChI is InChI=1S/C11H13BrN4/c1-2-9-11(7-13)16(15-14-9)10-6-4-3-5-8(10)12/h3-6H,2,7,13H2,1H3. The molecule has 2 aromatic rings. The van der Waals surface area contributed by atoms with Gasteiger partial charge in [-0.1, -0.05) is 24.3 Å². The van der Waals surface area contributed by atoms with Gasteiger partial charge in [0.15, 0.2) is 0 Å². The van der Waals surface area contributed by atoms with Crippen LogP contribution in [0.25, 0.3) is 5.69 Å². The zero-order chi connectivity index (χ0) is 11.5. The van der Waals surface area contributed by atoms with Gasteiger partial charge in [-0.2, -0.15) is 0 Å². The molecule has 0 atom stereocenters. The number of aryl methyl sites for hydroxylation is 1. The van der Waals surface area contributed by atoms with Crippen LogP contribution >= 0.6 is 15.9 Å². The number of halogens is 1. The largest absolute Gasteiger partial charge is 0.325 e. The van der Waals surface area contributed by atoms with Crippen LogP contribution in [0.4, 0.5) is 0 Å². The molecule has 1 heterocycles. The Morgan fingerprint density at radius 2 is 2.12 bits per heavy atom. The number of nitrogens with two attached hydrogens (primary N) is 1. The number of hydrogen-bond acceptors (Lipinski definition) is 3. The molecule has 1 aromatic carbocycles. The maximum atomic E-state index is 5.74. The molecule has 0 amide bonds.